The molecule has 1 aromatic rings. The maximum atomic E-state index is 13.7. The first-order valence-electron chi connectivity index (χ1n) is 6.66. The van der Waals surface area contributed by atoms with Crippen molar-refractivity contribution in [3.05, 3.63) is 29.6 Å². The zero-order chi connectivity index (χ0) is 14.8. The lowest BCUT2D eigenvalue weighted by atomic mass is 9.85. The lowest BCUT2D eigenvalue weighted by Crippen LogP contribution is -2.34. The Balaban J connectivity index is 2.13. The molecule has 2 nitrogen and oxygen atoms in total. The van der Waals surface area contributed by atoms with Gasteiger partial charge in [-0.3, -0.25) is 0 Å². The van der Waals surface area contributed by atoms with Gasteiger partial charge in [0, 0.05) is 18.6 Å². The number of halogens is 4. The van der Waals surface area contributed by atoms with Crippen molar-refractivity contribution in [3.63, 3.8) is 0 Å². The van der Waals surface area contributed by atoms with E-state index in [0.717, 1.165) is 37.8 Å². The molecule has 0 radical (unpaired) electrons. The van der Waals surface area contributed by atoms with Crippen LogP contribution in [0.25, 0.3) is 0 Å². The molecule has 0 amide bonds. The van der Waals surface area contributed by atoms with Crippen molar-refractivity contribution in [2.24, 2.45) is 5.92 Å². The van der Waals surface area contributed by atoms with E-state index in [1.54, 1.807) is 0 Å². The molecule has 0 spiro atoms. The summed E-state index contributed by atoms with van der Waals surface area (Å²) >= 11 is 0. The van der Waals surface area contributed by atoms with Crippen LogP contribution in [0.15, 0.2) is 18.2 Å². The second-order valence-corrected chi connectivity index (χ2v) is 5.17. The molecule has 0 aliphatic heterocycles. The van der Waals surface area contributed by atoms with E-state index in [0.29, 0.717) is 6.07 Å². The third-order valence-electron chi connectivity index (χ3n) is 3.78. The molecule has 2 atom stereocenters. The van der Waals surface area contributed by atoms with Gasteiger partial charge in [0.05, 0.1) is 11.3 Å². The Morgan fingerprint density at radius 2 is 1.90 bits per heavy atom. The smallest absolute Gasteiger partial charge is 0.396 e. The molecule has 1 aromatic carbocycles. The molecular weight excluding hydrogens is 274 g/mol. The van der Waals surface area contributed by atoms with Crippen molar-refractivity contribution in [2.75, 3.05) is 11.9 Å². The first-order chi connectivity index (χ1) is 9.41. The van der Waals surface area contributed by atoms with Gasteiger partial charge in [-0.15, -0.1) is 0 Å². The van der Waals surface area contributed by atoms with Crippen molar-refractivity contribution >= 4 is 5.69 Å². The monoisotopic (exact) mass is 291 g/mol. The van der Waals surface area contributed by atoms with E-state index in [9.17, 15) is 22.7 Å². The SMILES string of the molecule is OCC1CCCCC1Nc1ccc(C(F)(F)F)cc1F. The van der Waals surface area contributed by atoms with E-state index in [-0.39, 0.29) is 24.3 Å². The largest absolute Gasteiger partial charge is 0.416 e. The molecule has 1 fully saturated rings. The van der Waals surface area contributed by atoms with E-state index >= 15 is 0 Å². The fraction of sp³-hybridized carbons (Fsp3) is 0.571. The quantitative estimate of drug-likeness (QED) is 0.830. The summed E-state index contributed by atoms with van der Waals surface area (Å²) in [5.41, 5.74) is -0.939. The third kappa shape index (κ3) is 3.42. The minimum absolute atomic E-state index is 0.0000790. The maximum Gasteiger partial charge on any atom is 0.416 e. The van der Waals surface area contributed by atoms with Gasteiger partial charge in [0.2, 0.25) is 0 Å². The van der Waals surface area contributed by atoms with E-state index in [1.807, 2.05) is 0 Å². The zero-order valence-corrected chi connectivity index (χ0v) is 10.9. The fourth-order valence-corrected chi connectivity index (χ4v) is 2.62. The third-order valence-corrected chi connectivity index (χ3v) is 3.78. The first-order valence-corrected chi connectivity index (χ1v) is 6.66. The molecule has 1 aliphatic carbocycles. The molecule has 1 saturated carbocycles. The normalized spacial score (nSPS) is 23.6. The van der Waals surface area contributed by atoms with Crippen molar-refractivity contribution < 1.29 is 22.7 Å². The Kier molecular flexibility index (Phi) is 4.52. The second kappa shape index (κ2) is 5.99. The molecule has 1 aliphatic rings. The van der Waals surface area contributed by atoms with Crippen LogP contribution in [0.3, 0.4) is 0 Å². The summed E-state index contributed by atoms with van der Waals surface area (Å²) in [6.45, 7) is -0.0000790. The van der Waals surface area contributed by atoms with Gasteiger partial charge in [-0.1, -0.05) is 12.8 Å². The number of rotatable bonds is 3. The number of alkyl halides is 3. The molecule has 0 aromatic heterocycles. The van der Waals surface area contributed by atoms with Crippen LogP contribution in [-0.2, 0) is 6.18 Å². The molecule has 2 unspecified atom stereocenters. The number of benzene rings is 1. The summed E-state index contributed by atoms with van der Waals surface area (Å²) in [6.07, 6.45) is -0.935. The average molecular weight is 291 g/mol. The molecule has 6 heteroatoms. The molecule has 2 rings (SSSR count). The van der Waals surface area contributed by atoms with Crippen LogP contribution in [-0.4, -0.2) is 17.8 Å². The maximum absolute atomic E-state index is 13.7. The van der Waals surface area contributed by atoms with Gasteiger partial charge in [0.1, 0.15) is 5.82 Å². The standard InChI is InChI=1S/C14H17F4NO/c15-11-7-10(14(16,17)18)5-6-13(11)19-12-4-2-1-3-9(12)8-20/h5-7,9,12,19-20H,1-4,8H2. The highest BCUT2D eigenvalue weighted by Crippen LogP contribution is 2.33. The van der Waals surface area contributed by atoms with Gasteiger partial charge in [0.15, 0.2) is 0 Å². The Morgan fingerprint density at radius 3 is 2.50 bits per heavy atom. The Bertz CT molecular complexity index is 461. The number of hydrogen-bond acceptors (Lipinski definition) is 2. The Labute approximate surface area is 114 Å². The van der Waals surface area contributed by atoms with Gasteiger partial charge >= 0.3 is 6.18 Å². The van der Waals surface area contributed by atoms with E-state index in [2.05, 4.69) is 5.32 Å². The van der Waals surface area contributed by atoms with Crippen LogP contribution in [0.4, 0.5) is 23.2 Å². The number of aliphatic hydroxyl groups is 1. The van der Waals surface area contributed by atoms with Crippen molar-refractivity contribution in [1.29, 1.82) is 0 Å². The highest BCUT2D eigenvalue weighted by molar-refractivity contribution is 5.47. The second-order valence-electron chi connectivity index (χ2n) is 5.17. The summed E-state index contributed by atoms with van der Waals surface area (Å²) in [6, 6.07) is 2.38. The molecule has 112 valence electrons. The van der Waals surface area contributed by atoms with Crippen LogP contribution in [0, 0.1) is 11.7 Å². The molecular formula is C14H17F4NO. The lowest BCUT2D eigenvalue weighted by Gasteiger charge is -2.31. The van der Waals surface area contributed by atoms with Crippen LogP contribution >= 0.6 is 0 Å². The van der Waals surface area contributed by atoms with Gasteiger partial charge in [-0.25, -0.2) is 4.39 Å². The number of anilines is 1. The molecule has 2 N–H and O–H groups in total. The Morgan fingerprint density at radius 1 is 1.20 bits per heavy atom. The van der Waals surface area contributed by atoms with Gasteiger partial charge in [-0.2, -0.15) is 13.2 Å². The van der Waals surface area contributed by atoms with Crippen molar-refractivity contribution in [1.82, 2.24) is 0 Å². The van der Waals surface area contributed by atoms with E-state index in [4.69, 9.17) is 0 Å². The summed E-state index contributed by atoms with van der Waals surface area (Å²) in [7, 11) is 0. The predicted molar refractivity (Wildman–Crippen MR) is 67.9 cm³/mol. The first kappa shape index (κ1) is 15.1. The zero-order valence-electron chi connectivity index (χ0n) is 10.9. The number of aliphatic hydroxyl groups excluding tert-OH is 1. The van der Waals surface area contributed by atoms with Gasteiger partial charge in [-0.05, 0) is 31.0 Å². The van der Waals surface area contributed by atoms with Gasteiger partial charge in [0.25, 0.3) is 0 Å². The number of hydrogen-bond donors (Lipinski definition) is 2. The van der Waals surface area contributed by atoms with Crippen LogP contribution in [0.2, 0.25) is 0 Å². The summed E-state index contributed by atoms with van der Waals surface area (Å²) in [4.78, 5) is 0. The van der Waals surface area contributed by atoms with Crippen molar-refractivity contribution in [2.45, 2.75) is 37.9 Å². The van der Waals surface area contributed by atoms with E-state index < -0.39 is 17.6 Å². The van der Waals surface area contributed by atoms with Gasteiger partial charge < -0.3 is 10.4 Å². The van der Waals surface area contributed by atoms with E-state index in [1.165, 1.54) is 0 Å². The topological polar surface area (TPSA) is 32.3 Å². The Hall–Kier alpha value is -1.30. The molecule has 0 heterocycles. The average Bonchev–Trinajstić information content (AvgIpc) is 2.40. The fourth-order valence-electron chi connectivity index (χ4n) is 2.62. The molecule has 0 bridgehead atoms. The highest BCUT2D eigenvalue weighted by Gasteiger charge is 2.31. The minimum Gasteiger partial charge on any atom is -0.396 e. The molecule has 20 heavy (non-hydrogen) atoms. The predicted octanol–water partition coefficient (Wildman–Crippen LogP) is 3.81. The summed E-state index contributed by atoms with van der Waals surface area (Å²) < 4.78 is 51.1. The van der Waals surface area contributed by atoms with Crippen molar-refractivity contribution in [3.8, 4) is 0 Å². The number of nitrogens with one attached hydrogen (secondary N) is 1. The lowest BCUT2D eigenvalue weighted by molar-refractivity contribution is -0.137. The van der Waals surface area contributed by atoms with Crippen LogP contribution in [0.5, 0.6) is 0 Å². The minimum atomic E-state index is -4.54. The van der Waals surface area contributed by atoms with Crippen LogP contribution in [0.1, 0.15) is 31.2 Å². The summed E-state index contributed by atoms with van der Waals surface area (Å²) in [5.74, 6) is -0.896. The summed E-state index contributed by atoms with van der Waals surface area (Å²) in [5, 5.41) is 12.2. The highest BCUT2D eigenvalue weighted by atomic mass is 19.4. The van der Waals surface area contributed by atoms with Crippen LogP contribution < -0.4 is 5.32 Å². The molecule has 0 saturated heterocycles.